The molecule has 2 aromatic carbocycles. The van der Waals surface area contributed by atoms with Gasteiger partial charge >= 0.3 is 0 Å². The van der Waals surface area contributed by atoms with Gasteiger partial charge in [0.05, 0.1) is 25.4 Å². The molecule has 3 N–H and O–H groups in total. The molecule has 1 unspecified atom stereocenters. The third-order valence-electron chi connectivity index (χ3n) is 11.0. The number of carbonyl (C=O) groups excluding carboxylic acids is 5. The molecule has 2 aliphatic heterocycles. The fourth-order valence-electron chi connectivity index (χ4n) is 8.01. The summed E-state index contributed by atoms with van der Waals surface area (Å²) in [4.78, 5) is 75.2. The van der Waals surface area contributed by atoms with Crippen molar-refractivity contribution in [2.45, 2.75) is 103 Å². The number of primary amides is 1. The molecule has 11 nitrogen and oxygen atoms in total. The van der Waals surface area contributed by atoms with Gasteiger partial charge in [-0.1, -0.05) is 69.1 Å². The van der Waals surface area contributed by atoms with E-state index in [1.54, 1.807) is 7.11 Å². The van der Waals surface area contributed by atoms with Crippen molar-refractivity contribution in [3.05, 3.63) is 64.7 Å². The Morgan fingerprint density at radius 2 is 1.75 bits per heavy atom. The van der Waals surface area contributed by atoms with Gasteiger partial charge in [0.2, 0.25) is 17.6 Å². The predicted molar refractivity (Wildman–Crippen MR) is 191 cm³/mol. The maximum atomic E-state index is 14.7. The number of rotatable bonds is 13. The molecule has 3 fully saturated rings. The Hall–Kier alpha value is -4.54. The summed E-state index contributed by atoms with van der Waals surface area (Å²) in [5.74, 6) is -2.69. The molecule has 6 rings (SSSR count). The highest BCUT2D eigenvalue weighted by Gasteiger charge is 2.56. The molecular formula is C40H50N4O7. The Balaban J connectivity index is 1.26. The van der Waals surface area contributed by atoms with Gasteiger partial charge in [-0.3, -0.25) is 24.0 Å². The average molecular weight is 699 g/mol. The van der Waals surface area contributed by atoms with Crippen LogP contribution in [0.1, 0.15) is 93.9 Å². The molecule has 2 aliphatic carbocycles. The first kappa shape index (κ1) is 36.3. The van der Waals surface area contributed by atoms with E-state index in [2.05, 4.69) is 10.5 Å². The molecule has 2 saturated carbocycles. The van der Waals surface area contributed by atoms with Crippen molar-refractivity contribution in [1.82, 2.24) is 10.2 Å². The quantitative estimate of drug-likeness (QED) is 0.291. The van der Waals surface area contributed by atoms with Crippen molar-refractivity contribution in [2.24, 2.45) is 34.1 Å². The average Bonchev–Trinajstić information content (AvgIpc) is 4.00. The molecule has 3 amide bonds. The van der Waals surface area contributed by atoms with Gasteiger partial charge in [0.25, 0.3) is 5.91 Å². The van der Waals surface area contributed by atoms with Crippen LogP contribution in [0.25, 0.3) is 0 Å². The number of carbonyl (C=O) groups is 5. The molecule has 51 heavy (non-hydrogen) atoms. The highest BCUT2D eigenvalue weighted by atomic mass is 16.7. The van der Waals surface area contributed by atoms with Gasteiger partial charge in [-0.25, -0.2) is 0 Å². The van der Waals surface area contributed by atoms with Gasteiger partial charge in [0, 0.05) is 36.7 Å². The van der Waals surface area contributed by atoms with E-state index in [-0.39, 0.29) is 48.8 Å². The predicted octanol–water partition coefficient (Wildman–Crippen LogP) is 4.54. The van der Waals surface area contributed by atoms with Crippen LogP contribution in [0.15, 0.2) is 47.6 Å². The lowest BCUT2D eigenvalue weighted by Crippen LogP contribution is -2.57. The Morgan fingerprint density at radius 3 is 2.33 bits per heavy atom. The van der Waals surface area contributed by atoms with Crippen LogP contribution in [0.4, 0.5) is 0 Å². The summed E-state index contributed by atoms with van der Waals surface area (Å²) in [5.41, 5.74) is 8.26. The molecule has 1 saturated heterocycles. The summed E-state index contributed by atoms with van der Waals surface area (Å²) in [7, 11) is 1.63. The van der Waals surface area contributed by atoms with Crippen molar-refractivity contribution in [3.8, 4) is 5.75 Å². The Kier molecular flexibility index (Phi) is 9.87. The fraction of sp³-hybridized carbons (Fsp3) is 0.550. The summed E-state index contributed by atoms with van der Waals surface area (Å²) in [6.07, 6.45) is 3.28. The normalized spacial score (nSPS) is 25.1. The number of oxime groups is 1. The molecule has 1 spiro atoms. The van der Waals surface area contributed by atoms with Crippen LogP contribution in [-0.2, 0) is 28.8 Å². The standard InChI is InChI=1S/C40H50N4O7/c1-22-14-26(15-23(2)34(22)50-6)30-19-40(51-43-30)20-31(32(45)17-27(16-24-12-13-24)33(46)36(41)47)44(21-40)38(49)35(39(3,4)5)42-37(48)29-18-28(29)25-10-8-7-9-11-25/h7-11,14-15,24,27-29,31,35H,12-13,16-21H2,1-6H3,(H2,41,47)(H,42,48)/t27-,28?,29+,31+,35-,40-/m1/s1. The number of hydrogen-bond donors (Lipinski definition) is 2. The van der Waals surface area contributed by atoms with Crippen LogP contribution >= 0.6 is 0 Å². The fourth-order valence-corrected chi connectivity index (χ4v) is 8.01. The second kappa shape index (κ2) is 13.9. The van der Waals surface area contributed by atoms with Gasteiger partial charge in [0.15, 0.2) is 11.4 Å². The number of amides is 3. The Morgan fingerprint density at radius 1 is 1.08 bits per heavy atom. The minimum absolute atomic E-state index is 0.0684. The van der Waals surface area contributed by atoms with Crippen LogP contribution in [0.5, 0.6) is 5.75 Å². The lowest BCUT2D eigenvalue weighted by molar-refractivity contribution is -0.145. The highest BCUT2D eigenvalue weighted by Crippen LogP contribution is 2.48. The lowest BCUT2D eigenvalue weighted by atomic mass is 9.84. The number of likely N-dealkylation sites (tertiary alicyclic amines) is 1. The lowest BCUT2D eigenvalue weighted by Gasteiger charge is -2.35. The first-order valence-electron chi connectivity index (χ1n) is 18.0. The van der Waals surface area contributed by atoms with Gasteiger partial charge in [0.1, 0.15) is 11.8 Å². The van der Waals surface area contributed by atoms with E-state index < -0.39 is 46.6 Å². The molecule has 272 valence electrons. The zero-order valence-electron chi connectivity index (χ0n) is 30.5. The maximum absolute atomic E-state index is 14.7. The minimum atomic E-state index is -1.06. The molecular weight excluding hydrogens is 648 g/mol. The Labute approximate surface area is 299 Å². The molecule has 0 bridgehead atoms. The largest absolute Gasteiger partial charge is 0.496 e. The maximum Gasteiger partial charge on any atom is 0.285 e. The minimum Gasteiger partial charge on any atom is -0.496 e. The topological polar surface area (TPSA) is 157 Å². The van der Waals surface area contributed by atoms with Crippen molar-refractivity contribution in [2.75, 3.05) is 13.7 Å². The molecule has 6 atom stereocenters. The molecule has 4 aliphatic rings. The zero-order valence-corrected chi connectivity index (χ0v) is 30.5. The number of ketones is 2. The van der Waals surface area contributed by atoms with Crippen LogP contribution in [-0.4, -0.2) is 71.2 Å². The van der Waals surface area contributed by atoms with E-state index in [9.17, 15) is 24.0 Å². The monoisotopic (exact) mass is 698 g/mol. The van der Waals surface area contributed by atoms with E-state index in [0.29, 0.717) is 25.0 Å². The smallest absolute Gasteiger partial charge is 0.285 e. The van der Waals surface area contributed by atoms with Gasteiger partial charge in [-0.05, 0) is 72.8 Å². The van der Waals surface area contributed by atoms with Crippen molar-refractivity contribution in [1.29, 1.82) is 0 Å². The van der Waals surface area contributed by atoms with E-state index >= 15 is 0 Å². The van der Waals surface area contributed by atoms with Crippen LogP contribution in [0.3, 0.4) is 0 Å². The summed E-state index contributed by atoms with van der Waals surface area (Å²) in [5, 5.41) is 7.54. The number of ether oxygens (including phenoxy) is 1. The molecule has 0 radical (unpaired) electrons. The number of nitrogens with zero attached hydrogens (tertiary/aromatic N) is 2. The highest BCUT2D eigenvalue weighted by molar-refractivity contribution is 6.36. The summed E-state index contributed by atoms with van der Waals surface area (Å²) in [6.45, 7) is 9.65. The summed E-state index contributed by atoms with van der Waals surface area (Å²) in [6, 6.07) is 11.9. The van der Waals surface area contributed by atoms with Crippen molar-refractivity contribution in [3.63, 3.8) is 0 Å². The van der Waals surface area contributed by atoms with Crippen LogP contribution in [0.2, 0.25) is 0 Å². The summed E-state index contributed by atoms with van der Waals surface area (Å²) < 4.78 is 5.55. The molecule has 11 heteroatoms. The van der Waals surface area contributed by atoms with Gasteiger partial charge in [-0.15, -0.1) is 0 Å². The van der Waals surface area contributed by atoms with Crippen molar-refractivity contribution >= 4 is 35.0 Å². The van der Waals surface area contributed by atoms with E-state index in [4.69, 9.17) is 15.3 Å². The number of nitrogens with two attached hydrogens (primary N) is 1. The number of Topliss-reactive ketones (excluding diaryl/α,β-unsaturated/α-hetero) is 2. The number of aryl methyl sites for hydroxylation is 2. The van der Waals surface area contributed by atoms with E-state index in [0.717, 1.165) is 40.8 Å². The molecule has 2 heterocycles. The number of nitrogens with one attached hydrogen (secondary N) is 1. The van der Waals surface area contributed by atoms with Crippen LogP contribution in [0, 0.1) is 37.0 Å². The zero-order chi connectivity index (χ0) is 36.8. The molecule has 2 aromatic rings. The third-order valence-corrected chi connectivity index (χ3v) is 11.0. The van der Waals surface area contributed by atoms with Crippen molar-refractivity contribution < 1.29 is 33.5 Å². The first-order valence-corrected chi connectivity index (χ1v) is 18.0. The number of methoxy groups -OCH3 is 1. The van der Waals surface area contributed by atoms with Crippen LogP contribution < -0.4 is 15.8 Å². The summed E-state index contributed by atoms with van der Waals surface area (Å²) >= 11 is 0. The van der Waals surface area contributed by atoms with E-state index in [1.165, 1.54) is 4.90 Å². The first-order chi connectivity index (χ1) is 24.1. The second-order valence-electron chi connectivity index (χ2n) is 16.3. The molecule has 0 aromatic heterocycles. The third kappa shape index (κ3) is 7.72. The number of hydrogen-bond acceptors (Lipinski definition) is 8. The number of benzene rings is 2. The van der Waals surface area contributed by atoms with E-state index in [1.807, 2.05) is 77.1 Å². The SMILES string of the molecule is COc1c(C)cc(C2=NO[C@]3(C2)C[C@@H](C(=O)C[C@@H](CC2CC2)C(=O)C(N)=O)N(C(=O)[C@@H](NC(=O)[C@H]2CC2c2ccccc2)C(C)(C)C)C3)cc1C. The second-order valence-corrected chi connectivity index (χ2v) is 16.3. The van der Waals surface area contributed by atoms with Gasteiger partial charge < -0.3 is 25.5 Å². The van der Waals surface area contributed by atoms with Gasteiger partial charge in [-0.2, -0.15) is 0 Å². The Bertz CT molecular complexity index is 1740.